The van der Waals surface area contributed by atoms with Crippen molar-refractivity contribution in [1.29, 1.82) is 0 Å². The zero-order chi connectivity index (χ0) is 20.6. The topological polar surface area (TPSA) is 180 Å². The van der Waals surface area contributed by atoms with Crippen molar-refractivity contribution in [2.24, 2.45) is 5.73 Å². The summed E-state index contributed by atoms with van der Waals surface area (Å²) in [5, 5.41) is 19.1. The smallest absolute Gasteiger partial charge is 0.325 e. The first-order chi connectivity index (χ1) is 12.6. The number of rotatable bonds is 10. The van der Waals surface area contributed by atoms with E-state index in [0.717, 1.165) is 13.0 Å². The van der Waals surface area contributed by atoms with E-state index in [1.807, 2.05) is 0 Å². The summed E-state index contributed by atoms with van der Waals surface area (Å²) >= 11 is 0. The molecule has 0 radical (unpaired) electrons. The Bertz CT molecular complexity index is 590. The normalized spacial score (nSPS) is 19.4. The highest BCUT2D eigenvalue weighted by Gasteiger charge is 2.28. The lowest BCUT2D eigenvalue weighted by Crippen LogP contribution is -2.56. The quantitative estimate of drug-likeness (QED) is 0.242. The number of nitrogens with two attached hydrogens (primary N) is 1. The summed E-state index contributed by atoms with van der Waals surface area (Å²) in [4.78, 5) is 58.5. The molecule has 1 fully saturated rings. The molecule has 4 atom stereocenters. The van der Waals surface area contributed by atoms with Crippen LogP contribution in [0, 0.1) is 0 Å². The van der Waals surface area contributed by atoms with Gasteiger partial charge in [-0.15, -0.1) is 0 Å². The summed E-state index contributed by atoms with van der Waals surface area (Å²) in [5.74, 6) is -3.60. The van der Waals surface area contributed by atoms with Gasteiger partial charge in [-0.05, 0) is 39.7 Å². The Balaban J connectivity index is 2.66. The molecule has 0 saturated carbocycles. The van der Waals surface area contributed by atoms with Crippen molar-refractivity contribution in [2.75, 3.05) is 6.54 Å². The summed E-state index contributed by atoms with van der Waals surface area (Å²) in [5.41, 5.74) is 5.08. The third kappa shape index (κ3) is 7.60. The van der Waals surface area contributed by atoms with Crippen LogP contribution in [0.4, 0.5) is 0 Å². The molecule has 1 aliphatic heterocycles. The van der Waals surface area contributed by atoms with E-state index in [0.29, 0.717) is 6.42 Å². The maximum absolute atomic E-state index is 12.3. The van der Waals surface area contributed by atoms with Crippen LogP contribution in [-0.2, 0) is 24.0 Å². The highest BCUT2D eigenvalue weighted by atomic mass is 16.4. The molecule has 0 aliphatic carbocycles. The first-order valence-corrected chi connectivity index (χ1v) is 8.77. The second-order valence-electron chi connectivity index (χ2n) is 6.51. The molecule has 4 unspecified atom stereocenters. The monoisotopic (exact) mass is 385 g/mol. The minimum absolute atomic E-state index is 0.0932. The number of aliphatic carboxylic acids is 1. The summed E-state index contributed by atoms with van der Waals surface area (Å²) in [6.45, 7) is 3.46. The van der Waals surface area contributed by atoms with Gasteiger partial charge in [0.2, 0.25) is 23.6 Å². The van der Waals surface area contributed by atoms with Crippen LogP contribution in [0.1, 0.15) is 39.5 Å². The van der Waals surface area contributed by atoms with Crippen LogP contribution in [0.2, 0.25) is 0 Å². The maximum atomic E-state index is 12.3. The van der Waals surface area contributed by atoms with Gasteiger partial charge >= 0.3 is 5.97 Å². The molecule has 0 bridgehead atoms. The number of nitrogens with one attached hydrogen (secondary N) is 4. The molecule has 1 heterocycles. The van der Waals surface area contributed by atoms with E-state index in [1.165, 1.54) is 13.8 Å². The van der Waals surface area contributed by atoms with Gasteiger partial charge in [-0.25, -0.2) is 0 Å². The second-order valence-corrected chi connectivity index (χ2v) is 6.51. The van der Waals surface area contributed by atoms with Gasteiger partial charge in [0.1, 0.15) is 18.1 Å². The Labute approximate surface area is 156 Å². The van der Waals surface area contributed by atoms with Crippen LogP contribution < -0.4 is 27.0 Å². The predicted octanol–water partition coefficient (Wildman–Crippen LogP) is -2.42. The second kappa shape index (κ2) is 10.5. The lowest BCUT2D eigenvalue weighted by atomic mass is 10.1. The lowest BCUT2D eigenvalue weighted by molar-refractivity contribution is -0.142. The first kappa shape index (κ1) is 22.4. The fourth-order valence-electron chi connectivity index (χ4n) is 2.52. The zero-order valence-corrected chi connectivity index (χ0v) is 15.4. The molecule has 0 aromatic rings. The van der Waals surface area contributed by atoms with Crippen LogP contribution in [0.5, 0.6) is 0 Å². The van der Waals surface area contributed by atoms with E-state index in [-0.39, 0.29) is 24.8 Å². The summed E-state index contributed by atoms with van der Waals surface area (Å²) in [7, 11) is 0. The number of carboxylic acid groups (broad SMARTS) is 1. The average Bonchev–Trinajstić information content (AvgIpc) is 3.12. The molecule has 0 aromatic carbocycles. The van der Waals surface area contributed by atoms with Gasteiger partial charge in [-0.2, -0.15) is 0 Å². The van der Waals surface area contributed by atoms with E-state index >= 15 is 0 Å². The van der Waals surface area contributed by atoms with Gasteiger partial charge < -0.3 is 32.1 Å². The fourth-order valence-corrected chi connectivity index (χ4v) is 2.52. The Morgan fingerprint density at radius 1 is 1.07 bits per heavy atom. The summed E-state index contributed by atoms with van der Waals surface area (Å²) in [6, 6.07) is -3.60. The van der Waals surface area contributed by atoms with Gasteiger partial charge in [0.25, 0.3) is 0 Å². The molecule has 1 saturated heterocycles. The Kier molecular flexibility index (Phi) is 8.66. The van der Waals surface area contributed by atoms with Crippen molar-refractivity contribution in [1.82, 2.24) is 21.3 Å². The highest BCUT2D eigenvalue weighted by Crippen LogP contribution is 2.05. The molecule has 4 amide bonds. The highest BCUT2D eigenvalue weighted by molar-refractivity contribution is 5.94. The van der Waals surface area contributed by atoms with Crippen LogP contribution in [0.25, 0.3) is 0 Å². The number of hydrogen-bond acceptors (Lipinski definition) is 6. The molecule has 11 nitrogen and oxygen atoms in total. The average molecular weight is 385 g/mol. The van der Waals surface area contributed by atoms with Crippen molar-refractivity contribution >= 4 is 29.6 Å². The van der Waals surface area contributed by atoms with E-state index in [9.17, 15) is 24.0 Å². The van der Waals surface area contributed by atoms with Crippen molar-refractivity contribution in [3.63, 3.8) is 0 Å². The largest absolute Gasteiger partial charge is 0.480 e. The SMILES string of the molecule is CC(NC(=O)C(CCC(N)=O)NC(=O)C(C)NC(=O)C1CCCN1)C(=O)O. The summed E-state index contributed by atoms with van der Waals surface area (Å²) in [6.07, 6.45) is 1.28. The van der Waals surface area contributed by atoms with Gasteiger partial charge in [-0.3, -0.25) is 24.0 Å². The minimum atomic E-state index is -1.24. The molecule has 1 aliphatic rings. The van der Waals surface area contributed by atoms with Crippen LogP contribution in [0.3, 0.4) is 0 Å². The number of carboxylic acids is 1. The Morgan fingerprint density at radius 2 is 1.74 bits per heavy atom. The van der Waals surface area contributed by atoms with Crippen LogP contribution >= 0.6 is 0 Å². The first-order valence-electron chi connectivity index (χ1n) is 8.77. The maximum Gasteiger partial charge on any atom is 0.325 e. The lowest BCUT2D eigenvalue weighted by Gasteiger charge is -2.22. The van der Waals surface area contributed by atoms with E-state index in [1.54, 1.807) is 0 Å². The number of primary amides is 1. The zero-order valence-electron chi connectivity index (χ0n) is 15.4. The molecule has 0 aromatic heterocycles. The van der Waals surface area contributed by atoms with E-state index in [4.69, 9.17) is 10.8 Å². The molecule has 152 valence electrons. The predicted molar refractivity (Wildman–Crippen MR) is 94.2 cm³/mol. The third-order valence-corrected chi connectivity index (χ3v) is 4.17. The molecule has 7 N–H and O–H groups in total. The van der Waals surface area contributed by atoms with Crippen molar-refractivity contribution < 1.29 is 29.1 Å². The van der Waals surface area contributed by atoms with Gasteiger partial charge in [0, 0.05) is 6.42 Å². The van der Waals surface area contributed by atoms with Crippen LogP contribution in [0.15, 0.2) is 0 Å². The summed E-state index contributed by atoms with van der Waals surface area (Å²) < 4.78 is 0. The van der Waals surface area contributed by atoms with Crippen molar-refractivity contribution in [2.45, 2.75) is 63.7 Å². The number of carbonyl (C=O) groups is 5. The molecule has 27 heavy (non-hydrogen) atoms. The molecule has 1 rings (SSSR count). The van der Waals surface area contributed by atoms with Crippen LogP contribution in [-0.4, -0.2) is 65.4 Å². The number of carbonyl (C=O) groups excluding carboxylic acids is 4. The van der Waals surface area contributed by atoms with Crippen molar-refractivity contribution in [3.8, 4) is 0 Å². The van der Waals surface area contributed by atoms with E-state index in [2.05, 4.69) is 21.3 Å². The van der Waals surface area contributed by atoms with Gasteiger partial charge in [0.05, 0.1) is 6.04 Å². The number of hydrogen-bond donors (Lipinski definition) is 6. The van der Waals surface area contributed by atoms with Gasteiger partial charge in [-0.1, -0.05) is 0 Å². The molecule has 0 spiro atoms. The molecular formula is C16H27N5O6. The fraction of sp³-hybridized carbons (Fsp3) is 0.688. The van der Waals surface area contributed by atoms with E-state index < -0.39 is 41.8 Å². The molecular weight excluding hydrogens is 358 g/mol. The third-order valence-electron chi connectivity index (χ3n) is 4.17. The molecule has 11 heteroatoms. The Morgan fingerprint density at radius 3 is 2.26 bits per heavy atom. The van der Waals surface area contributed by atoms with Gasteiger partial charge in [0.15, 0.2) is 0 Å². The Hall–Kier alpha value is -2.69. The number of amides is 4. The minimum Gasteiger partial charge on any atom is -0.480 e. The van der Waals surface area contributed by atoms with Crippen molar-refractivity contribution in [3.05, 3.63) is 0 Å². The standard InChI is InChI=1S/C16H27N5O6/c1-8(19-14(24)10-4-3-7-18-10)13(23)21-11(5-6-12(17)22)15(25)20-9(2)16(26)27/h8-11,18H,3-7H2,1-2H3,(H2,17,22)(H,19,24)(H,20,25)(H,21,23)(H,26,27).